The lowest BCUT2D eigenvalue weighted by Gasteiger charge is -2.11. The summed E-state index contributed by atoms with van der Waals surface area (Å²) in [6.45, 7) is 4.54. The van der Waals surface area contributed by atoms with Gasteiger partial charge < -0.3 is 15.4 Å². The van der Waals surface area contributed by atoms with E-state index in [1.54, 1.807) is 6.07 Å². The molecule has 0 saturated carbocycles. The number of aryl methyl sites for hydroxylation is 2. The number of ether oxygens (including phenoxy) is 1. The van der Waals surface area contributed by atoms with Crippen LogP contribution in [0.5, 0.6) is 5.75 Å². The van der Waals surface area contributed by atoms with Crippen molar-refractivity contribution in [2.75, 3.05) is 6.73 Å². The van der Waals surface area contributed by atoms with Gasteiger partial charge in [-0.05, 0) is 48.7 Å². The number of urea groups is 1. The first-order valence-electron chi connectivity index (χ1n) is 7.01. The molecule has 0 unspecified atom stereocenters. The number of hydrogen-bond acceptors (Lipinski definition) is 2. The van der Waals surface area contributed by atoms with Gasteiger partial charge in [0.2, 0.25) is 0 Å². The molecule has 0 spiro atoms. The average Bonchev–Trinajstić information content (AvgIpc) is 2.50. The van der Waals surface area contributed by atoms with E-state index < -0.39 is 0 Å². The van der Waals surface area contributed by atoms with Gasteiger partial charge in [-0.25, -0.2) is 4.79 Å². The third-order valence-electron chi connectivity index (χ3n) is 3.35. The fourth-order valence-corrected chi connectivity index (χ4v) is 2.07. The van der Waals surface area contributed by atoms with Crippen molar-refractivity contribution in [2.24, 2.45) is 0 Å². The van der Waals surface area contributed by atoms with Crippen molar-refractivity contribution < 1.29 is 9.53 Å². The normalized spacial score (nSPS) is 10.1. The van der Waals surface area contributed by atoms with Gasteiger partial charge in [-0.1, -0.05) is 35.9 Å². The largest absolute Gasteiger partial charge is 0.473 e. The quantitative estimate of drug-likeness (QED) is 0.824. The molecule has 22 heavy (non-hydrogen) atoms. The Bertz CT molecular complexity index is 659. The van der Waals surface area contributed by atoms with Crippen molar-refractivity contribution in [3.8, 4) is 5.75 Å². The molecule has 2 aromatic rings. The third kappa shape index (κ3) is 4.67. The zero-order chi connectivity index (χ0) is 15.9. The van der Waals surface area contributed by atoms with Gasteiger partial charge in [-0.2, -0.15) is 0 Å². The van der Waals surface area contributed by atoms with Gasteiger partial charge in [0.1, 0.15) is 5.75 Å². The molecule has 0 aromatic heterocycles. The van der Waals surface area contributed by atoms with Crippen LogP contribution in [0.3, 0.4) is 0 Å². The summed E-state index contributed by atoms with van der Waals surface area (Å²) in [5.74, 6) is 0.731. The molecule has 2 rings (SSSR count). The van der Waals surface area contributed by atoms with Crippen LogP contribution in [-0.4, -0.2) is 12.8 Å². The van der Waals surface area contributed by atoms with E-state index in [9.17, 15) is 4.79 Å². The van der Waals surface area contributed by atoms with Crippen LogP contribution in [0.4, 0.5) is 4.79 Å². The first-order chi connectivity index (χ1) is 10.6. The molecule has 2 amide bonds. The summed E-state index contributed by atoms with van der Waals surface area (Å²) < 4.78 is 5.49. The molecular weight excluding hydrogens is 300 g/mol. The van der Waals surface area contributed by atoms with Gasteiger partial charge in [0.15, 0.2) is 6.73 Å². The minimum absolute atomic E-state index is 0.108. The third-order valence-corrected chi connectivity index (χ3v) is 3.72. The Kier molecular flexibility index (Phi) is 5.67. The lowest BCUT2D eigenvalue weighted by Crippen LogP contribution is -2.37. The van der Waals surface area contributed by atoms with Crippen LogP contribution in [0, 0.1) is 13.8 Å². The standard InChI is InChI=1S/C17H19ClN2O2/c1-12-7-8-15(9-13(12)2)22-11-20-17(21)19-10-14-5-3-4-6-16(14)18/h3-9H,10-11H2,1-2H3,(H2,19,20,21). The molecule has 0 aliphatic rings. The maximum Gasteiger partial charge on any atom is 0.317 e. The van der Waals surface area contributed by atoms with E-state index in [0.29, 0.717) is 11.6 Å². The van der Waals surface area contributed by atoms with Crippen LogP contribution in [0.25, 0.3) is 0 Å². The molecule has 0 fully saturated rings. The second-order valence-corrected chi connectivity index (χ2v) is 5.39. The number of nitrogens with one attached hydrogen (secondary N) is 2. The van der Waals surface area contributed by atoms with Crippen LogP contribution in [0.15, 0.2) is 42.5 Å². The van der Waals surface area contributed by atoms with E-state index in [1.165, 1.54) is 5.56 Å². The Morgan fingerprint density at radius 2 is 1.86 bits per heavy atom. The van der Waals surface area contributed by atoms with Crippen molar-refractivity contribution in [1.82, 2.24) is 10.6 Å². The van der Waals surface area contributed by atoms with E-state index in [-0.39, 0.29) is 12.8 Å². The summed E-state index contributed by atoms with van der Waals surface area (Å²) in [5, 5.41) is 6.01. The van der Waals surface area contributed by atoms with Crippen LogP contribution in [-0.2, 0) is 6.54 Å². The van der Waals surface area contributed by atoms with Crippen LogP contribution in [0.1, 0.15) is 16.7 Å². The zero-order valence-electron chi connectivity index (χ0n) is 12.7. The summed E-state index contributed by atoms with van der Waals surface area (Å²) in [5.41, 5.74) is 3.23. The van der Waals surface area contributed by atoms with E-state index >= 15 is 0 Å². The summed E-state index contributed by atoms with van der Waals surface area (Å²) in [6.07, 6.45) is 0. The molecule has 0 aliphatic carbocycles. The molecule has 0 radical (unpaired) electrons. The number of rotatable bonds is 5. The number of carbonyl (C=O) groups excluding carboxylic acids is 1. The lowest BCUT2D eigenvalue weighted by atomic mass is 10.1. The molecule has 0 heterocycles. The summed E-state index contributed by atoms with van der Waals surface area (Å²) in [7, 11) is 0. The Morgan fingerprint density at radius 3 is 2.59 bits per heavy atom. The predicted molar refractivity (Wildman–Crippen MR) is 88.2 cm³/mol. The Labute approximate surface area is 135 Å². The van der Waals surface area contributed by atoms with Gasteiger partial charge in [0.25, 0.3) is 0 Å². The van der Waals surface area contributed by atoms with E-state index in [1.807, 2.05) is 50.2 Å². The number of halogens is 1. The topological polar surface area (TPSA) is 50.4 Å². The molecule has 0 atom stereocenters. The van der Waals surface area contributed by atoms with E-state index in [4.69, 9.17) is 16.3 Å². The highest BCUT2D eigenvalue weighted by Gasteiger charge is 2.03. The average molecular weight is 319 g/mol. The fraction of sp³-hybridized carbons (Fsp3) is 0.235. The van der Waals surface area contributed by atoms with Gasteiger partial charge >= 0.3 is 6.03 Å². The monoisotopic (exact) mass is 318 g/mol. The minimum atomic E-state index is -0.302. The number of hydrogen-bond donors (Lipinski definition) is 2. The van der Waals surface area contributed by atoms with Crippen LogP contribution >= 0.6 is 11.6 Å². The molecule has 2 N–H and O–H groups in total. The smallest absolute Gasteiger partial charge is 0.317 e. The fourth-order valence-electron chi connectivity index (χ4n) is 1.87. The first-order valence-corrected chi connectivity index (χ1v) is 7.39. The molecule has 0 saturated heterocycles. The summed E-state index contributed by atoms with van der Waals surface area (Å²) in [6, 6.07) is 12.9. The van der Waals surface area contributed by atoms with E-state index in [2.05, 4.69) is 10.6 Å². The number of carbonyl (C=O) groups is 1. The molecule has 4 nitrogen and oxygen atoms in total. The molecule has 0 bridgehead atoms. The molecule has 2 aromatic carbocycles. The number of benzene rings is 2. The summed E-state index contributed by atoms with van der Waals surface area (Å²) in [4.78, 5) is 11.7. The zero-order valence-corrected chi connectivity index (χ0v) is 13.4. The maximum atomic E-state index is 11.7. The SMILES string of the molecule is Cc1ccc(OCNC(=O)NCc2ccccc2Cl)cc1C. The number of amides is 2. The lowest BCUT2D eigenvalue weighted by molar-refractivity contribution is 0.223. The van der Waals surface area contributed by atoms with Gasteiger partial charge in [0, 0.05) is 11.6 Å². The second kappa shape index (κ2) is 7.71. The van der Waals surface area contributed by atoms with E-state index in [0.717, 1.165) is 16.9 Å². The van der Waals surface area contributed by atoms with Crippen molar-refractivity contribution in [2.45, 2.75) is 20.4 Å². The first kappa shape index (κ1) is 16.2. The van der Waals surface area contributed by atoms with Crippen molar-refractivity contribution in [1.29, 1.82) is 0 Å². The Balaban J connectivity index is 1.74. The van der Waals surface area contributed by atoms with Gasteiger partial charge in [-0.3, -0.25) is 0 Å². The van der Waals surface area contributed by atoms with Crippen molar-refractivity contribution >= 4 is 17.6 Å². The van der Waals surface area contributed by atoms with Gasteiger partial charge in [0.05, 0.1) is 0 Å². The van der Waals surface area contributed by atoms with Crippen LogP contribution in [0.2, 0.25) is 5.02 Å². The van der Waals surface area contributed by atoms with Crippen molar-refractivity contribution in [3.63, 3.8) is 0 Å². The molecule has 5 heteroatoms. The highest BCUT2D eigenvalue weighted by atomic mass is 35.5. The van der Waals surface area contributed by atoms with Crippen molar-refractivity contribution in [3.05, 3.63) is 64.2 Å². The molecule has 116 valence electrons. The maximum absolute atomic E-state index is 11.7. The Morgan fingerprint density at radius 1 is 1.09 bits per heavy atom. The molecule has 0 aliphatic heterocycles. The second-order valence-electron chi connectivity index (χ2n) is 4.99. The van der Waals surface area contributed by atoms with Crippen LogP contribution < -0.4 is 15.4 Å². The predicted octanol–water partition coefficient (Wildman–Crippen LogP) is 3.79. The molecular formula is C17H19ClN2O2. The highest BCUT2D eigenvalue weighted by Crippen LogP contribution is 2.16. The summed E-state index contributed by atoms with van der Waals surface area (Å²) >= 11 is 6.02. The minimum Gasteiger partial charge on any atom is -0.473 e. The Hall–Kier alpha value is -2.20. The van der Waals surface area contributed by atoms with Gasteiger partial charge in [-0.15, -0.1) is 0 Å². The highest BCUT2D eigenvalue weighted by molar-refractivity contribution is 6.31.